The van der Waals surface area contributed by atoms with Crippen molar-refractivity contribution in [3.8, 4) is 0 Å². The third kappa shape index (κ3) is 4.17. The van der Waals surface area contributed by atoms with Crippen LogP contribution in [-0.2, 0) is 24.3 Å². The average molecular weight is 307 g/mol. The van der Waals surface area contributed by atoms with Crippen LogP contribution in [0.3, 0.4) is 0 Å². The van der Waals surface area contributed by atoms with Crippen LogP contribution in [0, 0.1) is 5.92 Å². The van der Waals surface area contributed by atoms with Crippen molar-refractivity contribution in [2.45, 2.75) is 37.9 Å². The van der Waals surface area contributed by atoms with Crippen molar-refractivity contribution in [1.82, 2.24) is 4.31 Å². The quantitative estimate of drug-likeness (QED) is 0.715. The van der Waals surface area contributed by atoms with E-state index in [1.807, 2.05) is 0 Å². The summed E-state index contributed by atoms with van der Waals surface area (Å²) in [4.78, 5) is 22.0. The first-order valence-electron chi connectivity index (χ1n) is 6.57. The predicted octanol–water partition coefficient (Wildman–Crippen LogP) is 0.454. The van der Waals surface area contributed by atoms with Crippen molar-refractivity contribution in [2.24, 2.45) is 5.92 Å². The van der Waals surface area contributed by atoms with Crippen LogP contribution in [0.4, 0.5) is 0 Å². The Morgan fingerprint density at radius 3 is 2.65 bits per heavy atom. The lowest BCUT2D eigenvalue weighted by atomic mass is 9.95. The van der Waals surface area contributed by atoms with Crippen LogP contribution < -0.4 is 0 Å². The lowest BCUT2D eigenvalue weighted by Gasteiger charge is -2.33. The van der Waals surface area contributed by atoms with Crippen LogP contribution >= 0.6 is 0 Å². The first kappa shape index (κ1) is 16.9. The van der Waals surface area contributed by atoms with Crippen LogP contribution in [0.2, 0.25) is 0 Å². The number of ether oxygens (including phenoxy) is 1. The van der Waals surface area contributed by atoms with E-state index >= 15 is 0 Å². The Morgan fingerprint density at radius 1 is 1.45 bits per heavy atom. The molecule has 0 aromatic heterocycles. The van der Waals surface area contributed by atoms with E-state index in [2.05, 4.69) is 4.74 Å². The zero-order valence-corrected chi connectivity index (χ0v) is 12.6. The van der Waals surface area contributed by atoms with E-state index in [1.165, 1.54) is 11.2 Å². The van der Waals surface area contributed by atoms with Gasteiger partial charge in [0.15, 0.2) is 5.25 Å². The van der Waals surface area contributed by atoms with E-state index in [9.17, 15) is 18.0 Å². The number of methoxy groups -OCH3 is 1. The molecule has 116 valence electrons. The van der Waals surface area contributed by atoms with Crippen molar-refractivity contribution >= 4 is 22.0 Å². The smallest absolute Gasteiger partial charge is 0.325 e. The number of carboxylic acid groups (broad SMARTS) is 1. The Bertz CT molecular complexity index is 461. The largest absolute Gasteiger partial charge is 0.481 e. The van der Waals surface area contributed by atoms with Crippen LogP contribution in [0.15, 0.2) is 0 Å². The molecule has 1 aliphatic rings. The molecule has 0 amide bonds. The van der Waals surface area contributed by atoms with Gasteiger partial charge < -0.3 is 9.84 Å². The fourth-order valence-electron chi connectivity index (χ4n) is 2.33. The summed E-state index contributed by atoms with van der Waals surface area (Å²) in [6.07, 6.45) is 1.97. The fraction of sp³-hybridized carbons (Fsp3) is 0.833. The van der Waals surface area contributed by atoms with Crippen molar-refractivity contribution in [2.75, 3.05) is 20.2 Å². The summed E-state index contributed by atoms with van der Waals surface area (Å²) in [6.45, 7) is 1.95. The summed E-state index contributed by atoms with van der Waals surface area (Å²) < 4.78 is 30.3. The van der Waals surface area contributed by atoms with Crippen molar-refractivity contribution in [3.63, 3.8) is 0 Å². The SMILES string of the molecule is COC(=O)C(C)S(=O)(=O)N1CCCC(CCC(=O)O)C1. The molecular weight excluding hydrogens is 286 g/mol. The van der Waals surface area contributed by atoms with Gasteiger partial charge in [0.2, 0.25) is 10.0 Å². The second-order valence-corrected chi connectivity index (χ2v) is 7.26. The van der Waals surface area contributed by atoms with Gasteiger partial charge in [0.25, 0.3) is 0 Å². The number of carbonyl (C=O) groups is 2. The molecule has 20 heavy (non-hydrogen) atoms. The summed E-state index contributed by atoms with van der Waals surface area (Å²) in [7, 11) is -2.58. The molecule has 7 nitrogen and oxygen atoms in total. The van der Waals surface area contributed by atoms with Crippen molar-refractivity contribution in [1.29, 1.82) is 0 Å². The number of hydrogen-bond donors (Lipinski definition) is 1. The second kappa shape index (κ2) is 7.03. The minimum absolute atomic E-state index is 0.0273. The Labute approximate surface area is 118 Å². The zero-order valence-electron chi connectivity index (χ0n) is 11.7. The number of sulfonamides is 1. The number of hydrogen-bond acceptors (Lipinski definition) is 5. The maximum atomic E-state index is 12.3. The minimum Gasteiger partial charge on any atom is -0.481 e. The molecule has 0 spiro atoms. The van der Waals surface area contributed by atoms with Gasteiger partial charge in [-0.3, -0.25) is 9.59 Å². The maximum Gasteiger partial charge on any atom is 0.325 e. The Morgan fingerprint density at radius 2 is 2.10 bits per heavy atom. The number of esters is 1. The fourth-order valence-corrected chi connectivity index (χ4v) is 3.92. The highest BCUT2D eigenvalue weighted by Crippen LogP contribution is 2.24. The number of carbonyl (C=O) groups excluding carboxylic acids is 1. The summed E-state index contributed by atoms with van der Waals surface area (Å²) >= 11 is 0. The lowest BCUT2D eigenvalue weighted by Crippen LogP contribution is -2.46. The van der Waals surface area contributed by atoms with Gasteiger partial charge in [-0.1, -0.05) is 0 Å². The molecule has 8 heteroatoms. The normalized spacial score (nSPS) is 22.2. The van der Waals surface area contributed by atoms with E-state index in [-0.39, 0.29) is 18.9 Å². The molecule has 0 aromatic rings. The second-order valence-electron chi connectivity index (χ2n) is 5.01. The van der Waals surface area contributed by atoms with Gasteiger partial charge >= 0.3 is 11.9 Å². The first-order chi connectivity index (χ1) is 9.28. The molecule has 1 rings (SSSR count). The lowest BCUT2D eigenvalue weighted by molar-refractivity contribution is -0.140. The number of nitrogens with zero attached hydrogens (tertiary/aromatic N) is 1. The number of carboxylic acids is 1. The first-order valence-corrected chi connectivity index (χ1v) is 8.08. The van der Waals surface area contributed by atoms with Crippen LogP contribution in [-0.4, -0.2) is 55.2 Å². The number of aliphatic carboxylic acids is 1. The summed E-state index contributed by atoms with van der Waals surface area (Å²) in [5, 5.41) is 7.44. The molecule has 0 bridgehead atoms. The topological polar surface area (TPSA) is 101 Å². The summed E-state index contributed by atoms with van der Waals surface area (Å²) in [6, 6.07) is 0. The minimum atomic E-state index is -3.73. The average Bonchev–Trinajstić information content (AvgIpc) is 2.43. The van der Waals surface area contributed by atoms with Crippen LogP contribution in [0.25, 0.3) is 0 Å². The molecule has 0 aliphatic carbocycles. The molecule has 1 saturated heterocycles. The monoisotopic (exact) mass is 307 g/mol. The molecule has 0 saturated carbocycles. The predicted molar refractivity (Wildman–Crippen MR) is 71.6 cm³/mol. The zero-order chi connectivity index (χ0) is 15.3. The Hall–Kier alpha value is -1.15. The van der Waals surface area contributed by atoms with E-state index in [0.29, 0.717) is 19.4 Å². The third-order valence-corrected chi connectivity index (χ3v) is 5.73. The van der Waals surface area contributed by atoms with Gasteiger partial charge in [0, 0.05) is 19.5 Å². The van der Waals surface area contributed by atoms with Crippen molar-refractivity contribution < 1.29 is 27.9 Å². The third-order valence-electron chi connectivity index (χ3n) is 3.59. The van der Waals surface area contributed by atoms with E-state index in [0.717, 1.165) is 13.5 Å². The standard InChI is InChI=1S/C12H21NO6S/c1-9(12(16)19-2)20(17,18)13-7-3-4-10(8-13)5-6-11(14)15/h9-10H,3-8H2,1-2H3,(H,14,15). The number of rotatable bonds is 6. The summed E-state index contributed by atoms with van der Waals surface area (Å²) in [5.74, 6) is -1.63. The highest BCUT2D eigenvalue weighted by molar-refractivity contribution is 7.90. The van der Waals surface area contributed by atoms with Gasteiger partial charge in [0.1, 0.15) is 0 Å². The van der Waals surface area contributed by atoms with Gasteiger partial charge in [-0.2, -0.15) is 0 Å². The Kier molecular flexibility index (Phi) is 5.94. The van der Waals surface area contributed by atoms with Gasteiger partial charge in [-0.25, -0.2) is 12.7 Å². The molecule has 2 atom stereocenters. The number of piperidine rings is 1. The molecule has 0 radical (unpaired) electrons. The molecule has 1 fully saturated rings. The van der Waals surface area contributed by atoms with E-state index in [4.69, 9.17) is 5.11 Å². The van der Waals surface area contributed by atoms with Gasteiger partial charge in [0.05, 0.1) is 7.11 Å². The Balaban J connectivity index is 2.70. The maximum absolute atomic E-state index is 12.3. The highest BCUT2D eigenvalue weighted by Gasteiger charge is 2.37. The molecule has 1 aliphatic heterocycles. The molecule has 2 unspecified atom stereocenters. The summed E-state index contributed by atoms with van der Waals surface area (Å²) in [5.41, 5.74) is 0. The van der Waals surface area contributed by atoms with Crippen LogP contribution in [0.1, 0.15) is 32.6 Å². The van der Waals surface area contributed by atoms with Gasteiger partial charge in [-0.15, -0.1) is 0 Å². The molecule has 1 heterocycles. The van der Waals surface area contributed by atoms with Crippen molar-refractivity contribution in [3.05, 3.63) is 0 Å². The van der Waals surface area contributed by atoms with E-state index in [1.54, 1.807) is 0 Å². The van der Waals surface area contributed by atoms with E-state index < -0.39 is 27.2 Å². The molecule has 1 N–H and O–H groups in total. The van der Waals surface area contributed by atoms with Gasteiger partial charge in [-0.05, 0) is 32.1 Å². The highest BCUT2D eigenvalue weighted by atomic mass is 32.2. The van der Waals surface area contributed by atoms with Crippen LogP contribution in [0.5, 0.6) is 0 Å². The molecular formula is C12H21NO6S. The molecule has 0 aromatic carbocycles.